The van der Waals surface area contributed by atoms with Crippen molar-refractivity contribution in [3.8, 4) is 0 Å². The number of ether oxygens (including phenoxy) is 1. The molecule has 0 bridgehead atoms. The highest BCUT2D eigenvalue weighted by Gasteiger charge is 2.33. The first-order chi connectivity index (χ1) is 8.72. The maximum Gasteiger partial charge on any atom is 0.241 e. The zero-order chi connectivity index (χ0) is 13.0. The van der Waals surface area contributed by atoms with Gasteiger partial charge in [-0.25, -0.2) is 0 Å². The molecule has 5 heteroatoms. The predicted octanol–water partition coefficient (Wildman–Crippen LogP) is 0.265. The lowest BCUT2D eigenvalue weighted by Crippen LogP contribution is -2.47. The highest BCUT2D eigenvalue weighted by atomic mass is 16.5. The maximum atomic E-state index is 12.2. The van der Waals surface area contributed by atoms with E-state index in [1.807, 2.05) is 4.90 Å². The van der Waals surface area contributed by atoms with Crippen LogP contribution < -0.4 is 5.32 Å². The number of amides is 1. The average molecular weight is 255 g/mol. The van der Waals surface area contributed by atoms with Crippen LogP contribution >= 0.6 is 0 Å². The second kappa shape index (κ2) is 6.50. The van der Waals surface area contributed by atoms with Gasteiger partial charge in [0.1, 0.15) is 0 Å². The van der Waals surface area contributed by atoms with Crippen molar-refractivity contribution in [2.75, 3.05) is 39.5 Å². The third kappa shape index (κ3) is 3.22. The minimum atomic E-state index is 0.0436. The molecule has 0 radical (unpaired) electrons. The fourth-order valence-electron chi connectivity index (χ4n) is 2.72. The molecule has 0 aromatic heterocycles. The van der Waals surface area contributed by atoms with Crippen LogP contribution in [0.3, 0.4) is 0 Å². The monoisotopic (exact) mass is 255 g/mol. The normalized spacial score (nSPS) is 27.8. The highest BCUT2D eigenvalue weighted by molar-refractivity contribution is 5.84. The van der Waals surface area contributed by atoms with Crippen LogP contribution in [0.5, 0.6) is 0 Å². The number of hydrogen-bond acceptors (Lipinski definition) is 4. The molecule has 0 saturated carbocycles. The molecular formula is C13H25N3O2. The molecule has 2 fully saturated rings. The molecule has 5 nitrogen and oxygen atoms in total. The van der Waals surface area contributed by atoms with Crippen molar-refractivity contribution >= 4 is 5.91 Å². The molecule has 0 spiro atoms. The molecule has 2 atom stereocenters. The molecule has 1 amide bonds. The molecule has 0 aliphatic carbocycles. The lowest BCUT2D eigenvalue weighted by Gasteiger charge is -2.32. The Morgan fingerprint density at radius 2 is 2.17 bits per heavy atom. The van der Waals surface area contributed by atoms with Crippen LogP contribution in [-0.2, 0) is 9.53 Å². The molecule has 0 aromatic rings. The van der Waals surface area contributed by atoms with Gasteiger partial charge in [-0.15, -0.1) is 0 Å². The van der Waals surface area contributed by atoms with Crippen molar-refractivity contribution in [1.29, 1.82) is 0 Å². The second-order valence-electron chi connectivity index (χ2n) is 5.27. The number of nitrogens with one attached hydrogen (secondary N) is 1. The Hall–Kier alpha value is -0.650. The summed E-state index contributed by atoms with van der Waals surface area (Å²) in [7, 11) is 0. The summed E-state index contributed by atoms with van der Waals surface area (Å²) in [4.78, 5) is 16.6. The summed E-state index contributed by atoms with van der Waals surface area (Å²) in [5, 5.41) is 3.31. The minimum Gasteiger partial charge on any atom is -0.379 e. The van der Waals surface area contributed by atoms with E-state index < -0.39 is 0 Å². The van der Waals surface area contributed by atoms with Gasteiger partial charge in [0.15, 0.2) is 0 Å². The van der Waals surface area contributed by atoms with Crippen molar-refractivity contribution < 1.29 is 9.53 Å². The van der Waals surface area contributed by atoms with E-state index in [1.165, 1.54) is 0 Å². The zero-order valence-corrected chi connectivity index (χ0v) is 11.5. The molecular weight excluding hydrogens is 230 g/mol. The molecule has 0 aromatic carbocycles. The van der Waals surface area contributed by atoms with Crippen LogP contribution in [0.1, 0.15) is 26.7 Å². The minimum absolute atomic E-state index is 0.0436. The van der Waals surface area contributed by atoms with Crippen molar-refractivity contribution in [2.45, 2.75) is 38.8 Å². The smallest absolute Gasteiger partial charge is 0.241 e. The lowest BCUT2D eigenvalue weighted by molar-refractivity contribution is -0.131. The largest absolute Gasteiger partial charge is 0.379 e. The Kier molecular flexibility index (Phi) is 4.97. The van der Waals surface area contributed by atoms with Gasteiger partial charge in [-0.2, -0.15) is 0 Å². The molecule has 2 aliphatic rings. The van der Waals surface area contributed by atoms with Crippen molar-refractivity contribution in [3.05, 3.63) is 0 Å². The van der Waals surface area contributed by atoms with Crippen LogP contribution in [0.25, 0.3) is 0 Å². The molecule has 2 rings (SSSR count). The van der Waals surface area contributed by atoms with Gasteiger partial charge in [0, 0.05) is 25.7 Å². The number of carbonyl (C=O) groups excluding carboxylic acids is 1. The van der Waals surface area contributed by atoms with Crippen molar-refractivity contribution in [3.63, 3.8) is 0 Å². The topological polar surface area (TPSA) is 44.8 Å². The fourth-order valence-corrected chi connectivity index (χ4v) is 2.72. The number of nitrogens with zero attached hydrogens (tertiary/aromatic N) is 2. The third-order valence-corrected chi connectivity index (χ3v) is 3.82. The molecule has 2 heterocycles. The standard InChI is InChI=1S/C13H25N3O2/c1-3-4-12-13(17)16(10-14-12)11(2)9-15-5-7-18-8-6-15/h11-12,14H,3-10H2,1-2H3. The summed E-state index contributed by atoms with van der Waals surface area (Å²) in [5.74, 6) is 0.276. The molecule has 2 aliphatic heterocycles. The number of morpholine rings is 1. The Morgan fingerprint density at radius 1 is 1.44 bits per heavy atom. The van der Waals surface area contributed by atoms with Gasteiger partial charge < -0.3 is 9.64 Å². The summed E-state index contributed by atoms with van der Waals surface area (Å²) in [6, 6.07) is 0.326. The van der Waals surface area contributed by atoms with Crippen molar-refractivity contribution in [1.82, 2.24) is 15.1 Å². The first-order valence-electron chi connectivity index (χ1n) is 7.06. The molecule has 104 valence electrons. The summed E-state index contributed by atoms with van der Waals surface area (Å²) >= 11 is 0. The zero-order valence-electron chi connectivity index (χ0n) is 11.5. The van der Waals surface area contributed by atoms with Gasteiger partial charge in [-0.3, -0.25) is 15.0 Å². The summed E-state index contributed by atoms with van der Waals surface area (Å²) in [6.45, 7) is 9.52. The van der Waals surface area contributed by atoms with E-state index in [-0.39, 0.29) is 18.0 Å². The van der Waals surface area contributed by atoms with E-state index in [2.05, 4.69) is 24.1 Å². The first-order valence-corrected chi connectivity index (χ1v) is 7.06. The van der Waals surface area contributed by atoms with Crippen LogP contribution in [0, 0.1) is 0 Å². The molecule has 18 heavy (non-hydrogen) atoms. The molecule has 2 saturated heterocycles. The second-order valence-corrected chi connectivity index (χ2v) is 5.27. The number of hydrogen-bond donors (Lipinski definition) is 1. The lowest BCUT2D eigenvalue weighted by atomic mass is 10.1. The fraction of sp³-hybridized carbons (Fsp3) is 0.923. The van der Waals surface area contributed by atoms with E-state index in [1.54, 1.807) is 0 Å². The Morgan fingerprint density at radius 3 is 2.83 bits per heavy atom. The van der Waals surface area contributed by atoms with Gasteiger partial charge in [0.2, 0.25) is 5.91 Å². The first kappa shape index (κ1) is 13.8. The quantitative estimate of drug-likeness (QED) is 0.766. The van der Waals surface area contributed by atoms with E-state index in [4.69, 9.17) is 4.74 Å². The van der Waals surface area contributed by atoms with E-state index in [0.29, 0.717) is 6.67 Å². The van der Waals surface area contributed by atoms with Gasteiger partial charge in [-0.1, -0.05) is 13.3 Å². The average Bonchev–Trinajstić information content (AvgIpc) is 2.73. The third-order valence-electron chi connectivity index (χ3n) is 3.82. The van der Waals surface area contributed by atoms with E-state index in [0.717, 1.165) is 45.7 Å². The van der Waals surface area contributed by atoms with Crippen LogP contribution in [0.2, 0.25) is 0 Å². The molecule has 2 unspecified atom stereocenters. The number of rotatable bonds is 5. The van der Waals surface area contributed by atoms with Gasteiger partial charge >= 0.3 is 0 Å². The maximum absolute atomic E-state index is 12.2. The summed E-state index contributed by atoms with van der Waals surface area (Å²) in [6.07, 6.45) is 1.99. The van der Waals surface area contributed by atoms with Crippen LogP contribution in [-0.4, -0.2) is 67.3 Å². The number of carbonyl (C=O) groups is 1. The highest BCUT2D eigenvalue weighted by Crippen LogP contribution is 2.13. The Balaban J connectivity index is 1.81. The van der Waals surface area contributed by atoms with Gasteiger partial charge in [0.05, 0.1) is 25.9 Å². The SMILES string of the molecule is CCCC1NCN(C(C)CN2CCOCC2)C1=O. The van der Waals surface area contributed by atoms with E-state index >= 15 is 0 Å². The van der Waals surface area contributed by atoms with E-state index in [9.17, 15) is 4.79 Å². The van der Waals surface area contributed by atoms with Gasteiger partial charge in [-0.05, 0) is 13.3 Å². The van der Waals surface area contributed by atoms with Gasteiger partial charge in [0.25, 0.3) is 0 Å². The van der Waals surface area contributed by atoms with Crippen LogP contribution in [0.15, 0.2) is 0 Å². The van der Waals surface area contributed by atoms with Crippen molar-refractivity contribution in [2.24, 2.45) is 0 Å². The molecule has 1 N–H and O–H groups in total. The summed E-state index contributed by atoms with van der Waals surface area (Å²) < 4.78 is 5.34. The predicted molar refractivity (Wildman–Crippen MR) is 70.3 cm³/mol. The summed E-state index contributed by atoms with van der Waals surface area (Å²) in [5.41, 5.74) is 0. The Bertz CT molecular complexity index is 279. The Labute approximate surface area is 109 Å². The van der Waals surface area contributed by atoms with Crippen LogP contribution in [0.4, 0.5) is 0 Å².